The Morgan fingerprint density at radius 2 is 2.04 bits per heavy atom. The number of nitrogens with zero attached hydrogens (tertiary/aromatic N) is 2. The van der Waals surface area contributed by atoms with Gasteiger partial charge >= 0.3 is 0 Å². The molecule has 1 aromatic heterocycles. The van der Waals surface area contributed by atoms with Gasteiger partial charge in [0.05, 0.1) is 12.2 Å². The molecule has 6 heteroatoms. The van der Waals surface area contributed by atoms with Crippen LogP contribution in [0, 0.1) is 18.6 Å². The van der Waals surface area contributed by atoms with Crippen molar-refractivity contribution in [2.75, 3.05) is 13.6 Å². The van der Waals surface area contributed by atoms with E-state index in [-0.39, 0.29) is 18.2 Å². The van der Waals surface area contributed by atoms with Crippen LogP contribution >= 0.6 is 0 Å². The Bertz CT molecular complexity index is 686. The number of aryl methyl sites for hydroxylation is 1. The van der Waals surface area contributed by atoms with Gasteiger partial charge in [-0.25, -0.2) is 8.78 Å². The summed E-state index contributed by atoms with van der Waals surface area (Å²) in [6.07, 6.45) is 2.29. The highest BCUT2D eigenvalue weighted by atomic mass is 19.1. The van der Waals surface area contributed by atoms with Crippen molar-refractivity contribution < 1.29 is 8.78 Å². The number of halogens is 2. The van der Waals surface area contributed by atoms with Crippen LogP contribution in [0.15, 0.2) is 41.5 Å². The molecule has 0 amide bonds. The van der Waals surface area contributed by atoms with Crippen LogP contribution in [0.4, 0.5) is 8.78 Å². The van der Waals surface area contributed by atoms with Crippen LogP contribution in [0.3, 0.4) is 0 Å². The van der Waals surface area contributed by atoms with E-state index >= 15 is 0 Å². The Hall–Kier alpha value is -2.50. The van der Waals surface area contributed by atoms with Crippen molar-refractivity contribution in [2.45, 2.75) is 19.9 Å². The quantitative estimate of drug-likeness (QED) is 0.658. The van der Waals surface area contributed by atoms with E-state index in [2.05, 4.69) is 20.6 Å². The molecule has 0 aliphatic rings. The zero-order chi connectivity index (χ0) is 16.7. The van der Waals surface area contributed by atoms with Gasteiger partial charge < -0.3 is 10.6 Å². The number of hydrogen-bond donors (Lipinski definition) is 2. The molecule has 0 saturated carbocycles. The molecule has 0 aliphatic carbocycles. The fraction of sp³-hybridized carbons (Fsp3) is 0.294. The second-order valence-corrected chi connectivity index (χ2v) is 5.11. The molecule has 2 N–H and O–H groups in total. The van der Waals surface area contributed by atoms with Gasteiger partial charge in [-0.2, -0.15) is 0 Å². The minimum atomic E-state index is -0.350. The average molecular weight is 318 g/mol. The molecular weight excluding hydrogens is 298 g/mol. The zero-order valence-corrected chi connectivity index (χ0v) is 13.2. The van der Waals surface area contributed by atoms with Crippen LogP contribution in [0.25, 0.3) is 0 Å². The van der Waals surface area contributed by atoms with Gasteiger partial charge in [0.2, 0.25) is 0 Å². The summed E-state index contributed by atoms with van der Waals surface area (Å²) < 4.78 is 26.6. The highest BCUT2D eigenvalue weighted by Gasteiger charge is 2.05. The van der Waals surface area contributed by atoms with Gasteiger partial charge in [0.1, 0.15) is 11.6 Å². The molecule has 2 aromatic rings. The Kier molecular flexibility index (Phi) is 6.02. The third-order valence-corrected chi connectivity index (χ3v) is 3.47. The van der Waals surface area contributed by atoms with Gasteiger partial charge in [0.25, 0.3) is 0 Å². The van der Waals surface area contributed by atoms with E-state index in [1.165, 1.54) is 18.2 Å². The lowest BCUT2D eigenvalue weighted by atomic mass is 10.1. The normalized spacial score (nSPS) is 11.4. The number of aromatic nitrogens is 1. The first-order valence-electron chi connectivity index (χ1n) is 7.39. The molecule has 0 radical (unpaired) electrons. The minimum absolute atomic E-state index is 0.228. The van der Waals surface area contributed by atoms with Crippen LogP contribution in [-0.2, 0) is 13.0 Å². The van der Waals surface area contributed by atoms with Crippen molar-refractivity contribution in [3.8, 4) is 0 Å². The monoisotopic (exact) mass is 318 g/mol. The highest BCUT2D eigenvalue weighted by Crippen LogP contribution is 2.10. The third-order valence-electron chi connectivity index (χ3n) is 3.47. The highest BCUT2D eigenvalue weighted by molar-refractivity contribution is 5.79. The first-order valence-corrected chi connectivity index (χ1v) is 7.39. The molecule has 23 heavy (non-hydrogen) atoms. The van der Waals surface area contributed by atoms with Gasteiger partial charge in [-0.1, -0.05) is 6.07 Å². The van der Waals surface area contributed by atoms with Crippen LogP contribution in [0.1, 0.15) is 16.8 Å². The van der Waals surface area contributed by atoms with Gasteiger partial charge in [-0.05, 0) is 48.7 Å². The molecule has 0 saturated heterocycles. The van der Waals surface area contributed by atoms with Gasteiger partial charge in [-0.3, -0.25) is 9.98 Å². The molecule has 0 spiro atoms. The van der Waals surface area contributed by atoms with E-state index in [0.29, 0.717) is 18.2 Å². The Balaban J connectivity index is 1.82. The topological polar surface area (TPSA) is 49.3 Å². The summed E-state index contributed by atoms with van der Waals surface area (Å²) in [4.78, 5) is 8.06. The molecule has 122 valence electrons. The summed E-state index contributed by atoms with van der Waals surface area (Å²) in [6, 6.07) is 7.69. The lowest BCUT2D eigenvalue weighted by Crippen LogP contribution is -2.38. The minimum Gasteiger partial charge on any atom is -0.356 e. The van der Waals surface area contributed by atoms with Crippen LogP contribution in [0.2, 0.25) is 0 Å². The second-order valence-electron chi connectivity index (χ2n) is 5.11. The van der Waals surface area contributed by atoms with Gasteiger partial charge in [0.15, 0.2) is 5.96 Å². The van der Waals surface area contributed by atoms with Crippen LogP contribution in [-0.4, -0.2) is 24.5 Å². The van der Waals surface area contributed by atoms with Gasteiger partial charge in [0, 0.05) is 19.8 Å². The summed E-state index contributed by atoms with van der Waals surface area (Å²) in [7, 11) is 1.65. The first-order chi connectivity index (χ1) is 11.1. The van der Waals surface area contributed by atoms with E-state index in [1.807, 2.05) is 6.92 Å². The fourth-order valence-electron chi connectivity index (χ4n) is 2.19. The average Bonchev–Trinajstić information content (AvgIpc) is 2.54. The molecule has 1 aromatic carbocycles. The van der Waals surface area contributed by atoms with Gasteiger partial charge in [-0.15, -0.1) is 0 Å². The van der Waals surface area contributed by atoms with Crippen molar-refractivity contribution in [1.82, 2.24) is 15.6 Å². The molecule has 0 atom stereocenters. The second kappa shape index (κ2) is 8.22. The van der Waals surface area contributed by atoms with E-state index < -0.39 is 0 Å². The summed E-state index contributed by atoms with van der Waals surface area (Å²) in [5.74, 6) is -0.0127. The van der Waals surface area contributed by atoms with Crippen molar-refractivity contribution >= 4 is 5.96 Å². The predicted octanol–water partition coefficient (Wildman–Crippen LogP) is 2.58. The largest absolute Gasteiger partial charge is 0.356 e. The molecule has 0 aliphatic heterocycles. The maximum Gasteiger partial charge on any atom is 0.191 e. The first kappa shape index (κ1) is 16.9. The van der Waals surface area contributed by atoms with Crippen molar-refractivity contribution in [1.29, 1.82) is 0 Å². The smallest absolute Gasteiger partial charge is 0.191 e. The molecule has 0 bridgehead atoms. The lowest BCUT2D eigenvalue weighted by Gasteiger charge is -2.12. The van der Waals surface area contributed by atoms with E-state index in [4.69, 9.17) is 0 Å². The standard InChI is InChI=1S/C17H20F2N4/c1-12-10-14(18)6-5-13(12)7-9-22-17(20-2)23-11-16-15(19)4-3-8-21-16/h3-6,8,10H,7,9,11H2,1-2H3,(H2,20,22,23). The Morgan fingerprint density at radius 3 is 2.74 bits per heavy atom. The Labute approximate surface area is 134 Å². The van der Waals surface area contributed by atoms with Crippen LogP contribution in [0.5, 0.6) is 0 Å². The summed E-state index contributed by atoms with van der Waals surface area (Å²) in [6.45, 7) is 2.77. The Morgan fingerprint density at radius 1 is 1.22 bits per heavy atom. The van der Waals surface area contributed by atoms with Crippen molar-refractivity contribution in [2.24, 2.45) is 4.99 Å². The number of hydrogen-bond acceptors (Lipinski definition) is 2. The predicted molar refractivity (Wildman–Crippen MR) is 87.2 cm³/mol. The molecule has 2 rings (SSSR count). The van der Waals surface area contributed by atoms with Crippen LogP contribution < -0.4 is 10.6 Å². The number of benzene rings is 1. The SMILES string of the molecule is CN=C(NCCc1ccc(F)cc1C)NCc1ncccc1F. The van der Waals surface area contributed by atoms with Crippen molar-refractivity contribution in [3.05, 3.63) is 65.0 Å². The summed E-state index contributed by atoms with van der Waals surface area (Å²) in [5.41, 5.74) is 2.33. The molecule has 0 unspecified atom stereocenters. The number of guanidine groups is 1. The molecular formula is C17H20F2N4. The lowest BCUT2D eigenvalue weighted by molar-refractivity contribution is 0.592. The molecule has 1 heterocycles. The number of nitrogens with one attached hydrogen (secondary N) is 2. The van der Waals surface area contributed by atoms with Crippen molar-refractivity contribution in [3.63, 3.8) is 0 Å². The zero-order valence-electron chi connectivity index (χ0n) is 13.2. The number of pyridine rings is 1. The van der Waals surface area contributed by atoms with E-state index in [0.717, 1.165) is 17.5 Å². The molecule has 0 fully saturated rings. The number of aliphatic imine (C=N–C) groups is 1. The van der Waals surface area contributed by atoms with E-state index in [1.54, 1.807) is 25.4 Å². The number of rotatable bonds is 5. The third kappa shape index (κ3) is 5.02. The summed E-state index contributed by atoms with van der Waals surface area (Å²) >= 11 is 0. The fourth-order valence-corrected chi connectivity index (χ4v) is 2.19. The van der Waals surface area contributed by atoms with E-state index in [9.17, 15) is 8.78 Å². The summed E-state index contributed by atoms with van der Waals surface area (Å²) in [5, 5.41) is 6.16. The maximum absolute atomic E-state index is 13.5. The maximum atomic E-state index is 13.5. The molecule has 4 nitrogen and oxygen atoms in total.